The van der Waals surface area contributed by atoms with Crippen LogP contribution in [0.2, 0.25) is 0 Å². The van der Waals surface area contributed by atoms with Crippen LogP contribution in [0.3, 0.4) is 0 Å². The molecule has 0 fully saturated rings. The molecule has 7 heteroatoms. The van der Waals surface area contributed by atoms with Crippen LogP contribution in [0.25, 0.3) is 0 Å². The fourth-order valence-corrected chi connectivity index (χ4v) is 2.55. The molecule has 2 amide bonds. The Morgan fingerprint density at radius 2 is 1.59 bits per heavy atom. The fraction of sp³-hybridized carbons (Fsp3) is 0.273. The summed E-state index contributed by atoms with van der Waals surface area (Å²) in [4.78, 5) is 23.9. The van der Waals surface area contributed by atoms with E-state index in [0.29, 0.717) is 5.56 Å². The lowest BCUT2D eigenvalue weighted by Gasteiger charge is -2.20. The van der Waals surface area contributed by atoms with E-state index in [1.165, 1.54) is 11.0 Å². The maximum Gasteiger partial charge on any atom is 0.267 e. The number of hydrogen-bond donors (Lipinski definition) is 5. The van der Waals surface area contributed by atoms with Crippen LogP contribution in [-0.2, 0) is 11.3 Å². The number of carbonyl (C=O) groups is 2. The Bertz CT molecular complexity index is 881. The normalized spacial score (nSPS) is 12.3. The molecule has 0 bridgehead atoms. The standard InChI is InChI=1S/C22H26N4O3/c1-3-24-14-18-8-6-16(7-9-18)4-5-17-10-12-19(13-11-17)21(27)25-20(15(2)23)22(28)26-29/h6-13,15,20,24,29H,3,14,23H2,1-2H3,(H,25,27)(H,26,28)/t15-,20?/m1/s1. The third-order valence-electron chi connectivity index (χ3n) is 4.24. The number of hydroxylamine groups is 1. The van der Waals surface area contributed by atoms with Crippen LogP contribution in [0.5, 0.6) is 0 Å². The van der Waals surface area contributed by atoms with Crippen LogP contribution in [0.4, 0.5) is 0 Å². The summed E-state index contributed by atoms with van der Waals surface area (Å²) in [6, 6.07) is 13.0. The minimum Gasteiger partial charge on any atom is -0.339 e. The van der Waals surface area contributed by atoms with Gasteiger partial charge in [-0.25, -0.2) is 5.48 Å². The van der Waals surface area contributed by atoms with Crippen molar-refractivity contribution in [2.45, 2.75) is 32.5 Å². The predicted octanol–water partition coefficient (Wildman–Crippen LogP) is 1.15. The van der Waals surface area contributed by atoms with Gasteiger partial charge in [0.05, 0.1) is 0 Å². The number of nitrogens with one attached hydrogen (secondary N) is 3. The van der Waals surface area contributed by atoms with Crippen LogP contribution in [0.15, 0.2) is 48.5 Å². The maximum absolute atomic E-state index is 12.3. The molecular weight excluding hydrogens is 368 g/mol. The van der Waals surface area contributed by atoms with Crippen molar-refractivity contribution < 1.29 is 14.8 Å². The number of carbonyl (C=O) groups excluding carboxylic acids is 2. The molecule has 1 unspecified atom stereocenters. The molecule has 0 saturated carbocycles. The first kappa shape index (κ1) is 22.1. The molecule has 6 N–H and O–H groups in total. The summed E-state index contributed by atoms with van der Waals surface area (Å²) >= 11 is 0. The third-order valence-corrected chi connectivity index (χ3v) is 4.24. The highest BCUT2D eigenvalue weighted by Crippen LogP contribution is 2.06. The highest BCUT2D eigenvalue weighted by molar-refractivity contribution is 5.97. The second-order valence-corrected chi connectivity index (χ2v) is 6.59. The van der Waals surface area contributed by atoms with Crippen LogP contribution in [0, 0.1) is 11.8 Å². The summed E-state index contributed by atoms with van der Waals surface area (Å²) in [6.45, 7) is 5.39. The van der Waals surface area contributed by atoms with Gasteiger partial charge in [-0.2, -0.15) is 0 Å². The molecular formula is C22H26N4O3. The van der Waals surface area contributed by atoms with E-state index in [1.54, 1.807) is 31.2 Å². The highest BCUT2D eigenvalue weighted by atomic mass is 16.5. The average molecular weight is 394 g/mol. The van der Waals surface area contributed by atoms with Crippen LogP contribution >= 0.6 is 0 Å². The molecule has 0 aliphatic heterocycles. The van der Waals surface area contributed by atoms with Gasteiger partial charge in [0.15, 0.2) is 0 Å². The van der Waals surface area contributed by atoms with Gasteiger partial charge in [-0.05, 0) is 55.4 Å². The van der Waals surface area contributed by atoms with Crippen molar-refractivity contribution in [1.29, 1.82) is 0 Å². The van der Waals surface area contributed by atoms with Crippen molar-refractivity contribution >= 4 is 11.8 Å². The Kier molecular flexibility index (Phi) is 8.37. The number of benzene rings is 2. The predicted molar refractivity (Wildman–Crippen MR) is 111 cm³/mol. The van der Waals surface area contributed by atoms with Crippen molar-refractivity contribution in [3.8, 4) is 11.8 Å². The maximum atomic E-state index is 12.3. The van der Waals surface area contributed by atoms with E-state index in [1.807, 2.05) is 24.3 Å². The zero-order valence-corrected chi connectivity index (χ0v) is 16.5. The first-order valence-corrected chi connectivity index (χ1v) is 9.36. The van der Waals surface area contributed by atoms with Crippen molar-refractivity contribution in [2.24, 2.45) is 5.73 Å². The largest absolute Gasteiger partial charge is 0.339 e. The van der Waals surface area contributed by atoms with Crippen molar-refractivity contribution in [3.63, 3.8) is 0 Å². The molecule has 2 aromatic carbocycles. The summed E-state index contributed by atoms with van der Waals surface area (Å²) < 4.78 is 0. The summed E-state index contributed by atoms with van der Waals surface area (Å²) in [5.74, 6) is 4.92. The van der Waals surface area contributed by atoms with E-state index in [0.717, 1.165) is 24.2 Å². The Morgan fingerprint density at radius 1 is 1.03 bits per heavy atom. The number of rotatable bonds is 7. The topological polar surface area (TPSA) is 116 Å². The lowest BCUT2D eigenvalue weighted by molar-refractivity contribution is -0.131. The smallest absolute Gasteiger partial charge is 0.267 e. The summed E-state index contributed by atoms with van der Waals surface area (Å²) in [5, 5.41) is 14.5. The Hall–Kier alpha value is -3.18. The second kappa shape index (κ2) is 11.0. The van der Waals surface area contributed by atoms with E-state index in [9.17, 15) is 9.59 Å². The molecule has 0 saturated heterocycles. The van der Waals surface area contributed by atoms with Gasteiger partial charge in [0, 0.05) is 29.3 Å². The van der Waals surface area contributed by atoms with Crippen molar-refractivity contribution in [1.82, 2.24) is 16.1 Å². The summed E-state index contributed by atoms with van der Waals surface area (Å²) in [5.41, 5.74) is 10.4. The average Bonchev–Trinajstić information content (AvgIpc) is 2.74. The Morgan fingerprint density at radius 3 is 2.07 bits per heavy atom. The van der Waals surface area contributed by atoms with E-state index in [-0.39, 0.29) is 0 Å². The third kappa shape index (κ3) is 6.73. The zero-order chi connectivity index (χ0) is 21.2. The minimum atomic E-state index is -1.04. The van der Waals surface area contributed by atoms with Gasteiger partial charge in [0.25, 0.3) is 11.8 Å². The quantitative estimate of drug-likeness (QED) is 0.274. The van der Waals surface area contributed by atoms with Crippen molar-refractivity contribution in [2.75, 3.05) is 6.54 Å². The molecule has 2 rings (SSSR count). The monoisotopic (exact) mass is 394 g/mol. The van der Waals surface area contributed by atoms with E-state index in [4.69, 9.17) is 10.9 Å². The molecule has 152 valence electrons. The lowest BCUT2D eigenvalue weighted by atomic mass is 10.1. The second-order valence-electron chi connectivity index (χ2n) is 6.59. The van der Waals surface area contributed by atoms with Gasteiger partial charge < -0.3 is 16.4 Å². The van der Waals surface area contributed by atoms with Gasteiger partial charge in [0.2, 0.25) is 0 Å². The minimum absolute atomic E-state index is 0.361. The molecule has 0 spiro atoms. The van der Waals surface area contributed by atoms with Gasteiger partial charge in [-0.1, -0.05) is 30.9 Å². The number of amides is 2. The molecule has 2 aromatic rings. The van der Waals surface area contributed by atoms with E-state index < -0.39 is 23.9 Å². The first-order valence-electron chi connectivity index (χ1n) is 9.36. The summed E-state index contributed by atoms with van der Waals surface area (Å²) in [7, 11) is 0. The Labute approximate surface area is 170 Å². The Balaban J connectivity index is 2.02. The number of nitrogens with two attached hydrogens (primary N) is 1. The highest BCUT2D eigenvalue weighted by Gasteiger charge is 2.24. The molecule has 0 heterocycles. The van der Waals surface area contributed by atoms with Gasteiger partial charge in [-0.15, -0.1) is 0 Å². The van der Waals surface area contributed by atoms with E-state index >= 15 is 0 Å². The molecule has 2 atom stereocenters. The number of hydrogen-bond acceptors (Lipinski definition) is 5. The molecule has 0 aliphatic rings. The zero-order valence-electron chi connectivity index (χ0n) is 16.5. The molecule has 0 radical (unpaired) electrons. The molecule has 29 heavy (non-hydrogen) atoms. The van der Waals surface area contributed by atoms with Crippen LogP contribution in [0.1, 0.15) is 40.9 Å². The molecule has 0 aliphatic carbocycles. The van der Waals surface area contributed by atoms with Gasteiger partial charge >= 0.3 is 0 Å². The van der Waals surface area contributed by atoms with Gasteiger partial charge in [-0.3, -0.25) is 14.8 Å². The first-order chi connectivity index (χ1) is 13.9. The molecule has 0 aromatic heterocycles. The van der Waals surface area contributed by atoms with E-state index in [2.05, 4.69) is 29.4 Å². The van der Waals surface area contributed by atoms with Crippen LogP contribution < -0.4 is 21.8 Å². The van der Waals surface area contributed by atoms with Crippen molar-refractivity contribution in [3.05, 3.63) is 70.8 Å². The van der Waals surface area contributed by atoms with Crippen LogP contribution in [-0.4, -0.2) is 35.7 Å². The summed E-state index contributed by atoms with van der Waals surface area (Å²) in [6.07, 6.45) is 0. The fourth-order valence-electron chi connectivity index (χ4n) is 2.55. The SMILES string of the molecule is CCNCc1ccc(C#Cc2ccc(C(=O)NC(C(=O)NO)[C@@H](C)N)cc2)cc1. The molecule has 7 nitrogen and oxygen atoms in total. The van der Waals surface area contributed by atoms with Gasteiger partial charge in [0.1, 0.15) is 6.04 Å². The lowest BCUT2D eigenvalue weighted by Crippen LogP contribution is -2.54.